The first-order valence-electron chi connectivity index (χ1n) is 6.61. The fourth-order valence-corrected chi connectivity index (χ4v) is 1.26. The molecule has 0 aliphatic heterocycles. The molecule has 0 N–H and O–H groups in total. The van der Waals surface area contributed by atoms with Gasteiger partial charge in [-0.15, -0.1) is 0 Å². The summed E-state index contributed by atoms with van der Waals surface area (Å²) in [5, 5.41) is 0. The Hall–Kier alpha value is -1.69. The third-order valence-electron chi connectivity index (χ3n) is 2.23. The van der Waals surface area contributed by atoms with Crippen molar-refractivity contribution in [2.24, 2.45) is 0 Å². The molecule has 0 spiro atoms. The lowest BCUT2D eigenvalue weighted by Crippen LogP contribution is -2.18. The number of carbonyl (C=O) groups excluding carboxylic acids is 3. The van der Waals surface area contributed by atoms with E-state index in [-0.39, 0.29) is 31.0 Å². The summed E-state index contributed by atoms with van der Waals surface area (Å²) >= 11 is 0. The van der Waals surface area contributed by atoms with Crippen LogP contribution < -0.4 is 0 Å². The molecule has 0 unspecified atom stereocenters. The summed E-state index contributed by atoms with van der Waals surface area (Å²) in [6.07, 6.45) is 0.801. The lowest BCUT2D eigenvalue weighted by molar-refractivity contribution is -0.148. The van der Waals surface area contributed by atoms with Crippen LogP contribution in [0.4, 0.5) is 0 Å². The van der Waals surface area contributed by atoms with Gasteiger partial charge in [-0.2, -0.15) is 0 Å². The molecule has 0 heterocycles. The van der Waals surface area contributed by atoms with Crippen LogP contribution in [0.1, 0.15) is 33.1 Å². The summed E-state index contributed by atoms with van der Waals surface area (Å²) in [6.45, 7) is 7.83. The molecule has 0 aromatic rings. The maximum atomic E-state index is 11.5. The second-order valence-electron chi connectivity index (χ2n) is 4.06. The zero-order chi connectivity index (χ0) is 15.4. The van der Waals surface area contributed by atoms with Gasteiger partial charge in [0.1, 0.15) is 13.2 Å². The standard InChI is InChI=1S/C14H22O6/c1-4-6-12(15)10-20-14(17)11(3)9-13(16)19-8-7-18-5-2/h3-10H2,1-2H3. The molecule has 0 aromatic carbocycles. The van der Waals surface area contributed by atoms with Gasteiger partial charge in [-0.25, -0.2) is 4.79 Å². The van der Waals surface area contributed by atoms with E-state index in [9.17, 15) is 14.4 Å². The average molecular weight is 286 g/mol. The van der Waals surface area contributed by atoms with Crippen LogP contribution in [-0.2, 0) is 28.6 Å². The van der Waals surface area contributed by atoms with Gasteiger partial charge in [0.15, 0.2) is 5.78 Å². The minimum atomic E-state index is -0.754. The van der Waals surface area contributed by atoms with Crippen LogP contribution >= 0.6 is 0 Å². The third kappa shape index (κ3) is 9.27. The van der Waals surface area contributed by atoms with Crippen molar-refractivity contribution in [2.75, 3.05) is 26.4 Å². The molecule has 0 atom stereocenters. The van der Waals surface area contributed by atoms with Crippen molar-refractivity contribution in [1.29, 1.82) is 0 Å². The number of hydrogen-bond donors (Lipinski definition) is 0. The first-order chi connectivity index (χ1) is 9.51. The van der Waals surface area contributed by atoms with Crippen LogP contribution in [0.5, 0.6) is 0 Å². The number of Topliss-reactive ketones (excluding diaryl/α,β-unsaturated/α-hetero) is 1. The Balaban J connectivity index is 3.86. The SMILES string of the molecule is C=C(CC(=O)OCCOCC)C(=O)OCC(=O)CCC. The summed E-state index contributed by atoms with van der Waals surface area (Å²) in [5.74, 6) is -1.49. The van der Waals surface area contributed by atoms with Crippen molar-refractivity contribution in [3.05, 3.63) is 12.2 Å². The Morgan fingerprint density at radius 3 is 2.35 bits per heavy atom. The predicted octanol–water partition coefficient (Wildman–Crippen LogP) is 1.42. The number of carbonyl (C=O) groups is 3. The van der Waals surface area contributed by atoms with Gasteiger partial charge in [0.25, 0.3) is 0 Å². The van der Waals surface area contributed by atoms with E-state index < -0.39 is 11.9 Å². The third-order valence-corrected chi connectivity index (χ3v) is 2.23. The van der Waals surface area contributed by atoms with E-state index in [0.29, 0.717) is 26.1 Å². The Morgan fingerprint density at radius 2 is 1.75 bits per heavy atom. The highest BCUT2D eigenvalue weighted by Gasteiger charge is 2.15. The van der Waals surface area contributed by atoms with Crippen LogP contribution in [0.3, 0.4) is 0 Å². The Morgan fingerprint density at radius 1 is 1.05 bits per heavy atom. The van der Waals surface area contributed by atoms with E-state index in [4.69, 9.17) is 14.2 Å². The number of esters is 2. The minimum Gasteiger partial charge on any atom is -0.463 e. The van der Waals surface area contributed by atoms with Crippen molar-refractivity contribution in [1.82, 2.24) is 0 Å². The quantitative estimate of drug-likeness (QED) is 0.325. The number of hydrogen-bond acceptors (Lipinski definition) is 6. The molecule has 0 saturated carbocycles. The van der Waals surface area contributed by atoms with Crippen molar-refractivity contribution in [2.45, 2.75) is 33.1 Å². The lowest BCUT2D eigenvalue weighted by atomic mass is 10.2. The van der Waals surface area contributed by atoms with E-state index in [0.717, 1.165) is 0 Å². The van der Waals surface area contributed by atoms with Crippen LogP contribution in [0.15, 0.2) is 12.2 Å². The van der Waals surface area contributed by atoms with Crippen LogP contribution in [0.25, 0.3) is 0 Å². The normalized spacial score (nSPS) is 9.90. The maximum Gasteiger partial charge on any atom is 0.334 e. The molecular formula is C14H22O6. The first-order valence-corrected chi connectivity index (χ1v) is 6.61. The second-order valence-corrected chi connectivity index (χ2v) is 4.06. The minimum absolute atomic E-state index is 0.0318. The van der Waals surface area contributed by atoms with Gasteiger partial charge in [-0.1, -0.05) is 13.5 Å². The number of ether oxygens (including phenoxy) is 3. The molecule has 0 radical (unpaired) electrons. The number of rotatable bonds is 11. The monoisotopic (exact) mass is 286 g/mol. The Bertz CT molecular complexity index is 348. The highest BCUT2D eigenvalue weighted by molar-refractivity contribution is 5.94. The topological polar surface area (TPSA) is 78.9 Å². The van der Waals surface area contributed by atoms with E-state index in [1.807, 2.05) is 13.8 Å². The molecule has 0 amide bonds. The Kier molecular flexibility index (Phi) is 10.2. The first kappa shape index (κ1) is 18.3. The molecule has 0 aliphatic rings. The van der Waals surface area contributed by atoms with Gasteiger partial charge in [-0.05, 0) is 13.3 Å². The number of ketones is 1. The summed E-state index contributed by atoms with van der Waals surface area (Å²) in [6, 6.07) is 0. The summed E-state index contributed by atoms with van der Waals surface area (Å²) in [5.41, 5.74) is -0.0318. The van der Waals surface area contributed by atoms with Gasteiger partial charge < -0.3 is 14.2 Å². The largest absolute Gasteiger partial charge is 0.463 e. The molecule has 20 heavy (non-hydrogen) atoms. The lowest BCUT2D eigenvalue weighted by Gasteiger charge is -2.07. The summed E-state index contributed by atoms with van der Waals surface area (Å²) < 4.78 is 14.6. The maximum absolute atomic E-state index is 11.5. The van der Waals surface area contributed by atoms with Gasteiger partial charge in [0.05, 0.1) is 13.0 Å². The van der Waals surface area contributed by atoms with Crippen molar-refractivity contribution >= 4 is 17.7 Å². The molecule has 0 aliphatic carbocycles. The zero-order valence-electron chi connectivity index (χ0n) is 12.1. The fraction of sp³-hybridized carbons (Fsp3) is 0.643. The van der Waals surface area contributed by atoms with Crippen LogP contribution in [0, 0.1) is 0 Å². The fourth-order valence-electron chi connectivity index (χ4n) is 1.26. The van der Waals surface area contributed by atoms with Gasteiger partial charge in [0.2, 0.25) is 0 Å². The molecule has 0 bridgehead atoms. The van der Waals surface area contributed by atoms with Crippen molar-refractivity contribution in [3.63, 3.8) is 0 Å². The average Bonchev–Trinajstić information content (AvgIpc) is 2.41. The van der Waals surface area contributed by atoms with E-state index in [1.165, 1.54) is 0 Å². The van der Waals surface area contributed by atoms with Crippen molar-refractivity contribution in [3.8, 4) is 0 Å². The zero-order valence-corrected chi connectivity index (χ0v) is 12.1. The molecule has 114 valence electrons. The Labute approximate surface area is 119 Å². The summed E-state index contributed by atoms with van der Waals surface area (Å²) in [4.78, 5) is 34.0. The van der Waals surface area contributed by atoms with Crippen LogP contribution in [-0.4, -0.2) is 44.1 Å². The van der Waals surface area contributed by atoms with Gasteiger partial charge >= 0.3 is 11.9 Å². The smallest absolute Gasteiger partial charge is 0.334 e. The van der Waals surface area contributed by atoms with E-state index in [1.54, 1.807) is 0 Å². The van der Waals surface area contributed by atoms with Crippen LogP contribution in [0.2, 0.25) is 0 Å². The molecule has 6 heteroatoms. The molecule has 0 rings (SSSR count). The van der Waals surface area contributed by atoms with E-state index >= 15 is 0 Å². The predicted molar refractivity (Wildman–Crippen MR) is 72.1 cm³/mol. The molecule has 0 fully saturated rings. The van der Waals surface area contributed by atoms with E-state index in [2.05, 4.69) is 6.58 Å². The second kappa shape index (κ2) is 11.2. The van der Waals surface area contributed by atoms with Gasteiger partial charge in [-0.3, -0.25) is 9.59 Å². The van der Waals surface area contributed by atoms with Gasteiger partial charge in [0, 0.05) is 18.6 Å². The highest BCUT2D eigenvalue weighted by atomic mass is 16.6. The summed E-state index contributed by atoms with van der Waals surface area (Å²) in [7, 11) is 0. The molecular weight excluding hydrogens is 264 g/mol. The highest BCUT2D eigenvalue weighted by Crippen LogP contribution is 2.04. The van der Waals surface area contributed by atoms with Crippen molar-refractivity contribution < 1.29 is 28.6 Å². The molecule has 0 aromatic heterocycles. The molecule has 0 saturated heterocycles. The molecule has 6 nitrogen and oxygen atoms in total.